The Bertz CT molecular complexity index is 2880. The highest BCUT2D eigenvalue weighted by Gasteiger charge is 2.32. The van der Waals surface area contributed by atoms with Crippen LogP contribution >= 0.6 is 0 Å². The van der Waals surface area contributed by atoms with Gasteiger partial charge in [-0.2, -0.15) is 4.39 Å². The molecule has 0 radical (unpaired) electrons. The molecule has 0 aliphatic carbocycles. The molecule has 2 atom stereocenters. The van der Waals surface area contributed by atoms with Crippen LogP contribution in [0, 0.1) is 17.5 Å². The molecule has 3 N–H and O–H groups in total. The number of nitrogens with zero attached hydrogens (tertiary/aromatic N) is 9. The number of benzene rings is 2. The molecule has 0 spiro atoms. The van der Waals surface area contributed by atoms with Gasteiger partial charge in [-0.05, 0) is 45.4 Å². The molecule has 0 amide bonds. The number of aromatic nitrogens is 6. The van der Waals surface area contributed by atoms with Crippen LogP contribution in [0.1, 0.15) is 59.5 Å². The standard InChI is InChI=1S/C22H22FN5O4.C13H9F2NO4.C9H14N4/c1-13-12-32-21-18-14(20(29)15(22(30)31)11-28(13)18)9-16(23)19(21)27-6-2-5-26(7-8-27)17-10-24-3-4-25-17;1-5-4-20-12-9(15)8(14)2-6-10(12)16(5)3-7(11(6)17)13(18)19;1-2-10-5-7-13(6-1)9-8-11-3-4-12-9/h3-4,9-11,13H,2,5-8,12H2,1H3,(H,30,31);2-3,5H,4H2,1H3,(H,18,19);3-4,8,10H,1-2,5-7H2/t13-;5-;/m00./s1. The van der Waals surface area contributed by atoms with Crippen molar-refractivity contribution in [2.24, 2.45) is 0 Å². The van der Waals surface area contributed by atoms with E-state index in [0.29, 0.717) is 42.7 Å². The largest absolute Gasteiger partial charge is 0.487 e. The van der Waals surface area contributed by atoms with Gasteiger partial charge in [0.25, 0.3) is 0 Å². The number of halogens is 3. The highest BCUT2D eigenvalue weighted by atomic mass is 19.2. The number of carboxylic acids is 2. The summed E-state index contributed by atoms with van der Waals surface area (Å²) in [5.74, 6) is -4.06. The number of ether oxygens (including phenoxy) is 2. The third-order valence-corrected chi connectivity index (χ3v) is 11.6. The summed E-state index contributed by atoms with van der Waals surface area (Å²) in [6.07, 6.45) is 14.7. The number of hydrogen-bond acceptors (Lipinski definition) is 14. The fraction of sp³-hybridized carbons (Fsp3) is 0.364. The molecule has 21 heteroatoms. The molecule has 0 unspecified atom stereocenters. The number of aromatic carboxylic acids is 2. The van der Waals surface area contributed by atoms with Crippen LogP contribution in [0.3, 0.4) is 0 Å². The van der Waals surface area contributed by atoms with E-state index in [9.17, 15) is 33.1 Å². The van der Waals surface area contributed by atoms with E-state index in [2.05, 4.69) is 35.1 Å². The van der Waals surface area contributed by atoms with Crippen molar-refractivity contribution in [1.29, 1.82) is 0 Å². The number of rotatable bonds is 5. The average molecular weight is 899 g/mol. The van der Waals surface area contributed by atoms with E-state index in [1.165, 1.54) is 17.2 Å². The second-order valence-electron chi connectivity index (χ2n) is 15.9. The number of anilines is 3. The molecular weight excluding hydrogens is 854 g/mol. The Morgan fingerprint density at radius 2 is 1.17 bits per heavy atom. The highest BCUT2D eigenvalue weighted by Crippen LogP contribution is 2.42. The van der Waals surface area contributed by atoms with Crippen LogP contribution in [0.4, 0.5) is 30.5 Å². The summed E-state index contributed by atoms with van der Waals surface area (Å²) >= 11 is 0. The van der Waals surface area contributed by atoms with Crippen LogP contribution in [-0.4, -0.2) is 117 Å². The van der Waals surface area contributed by atoms with Crippen LogP contribution in [0.2, 0.25) is 0 Å². The number of carboxylic acid groups (broad SMARTS) is 2. The van der Waals surface area contributed by atoms with Gasteiger partial charge in [0.15, 0.2) is 23.1 Å². The van der Waals surface area contributed by atoms with E-state index >= 15 is 4.39 Å². The van der Waals surface area contributed by atoms with Crippen LogP contribution < -0.4 is 40.3 Å². The van der Waals surface area contributed by atoms with E-state index < -0.39 is 45.8 Å². The average Bonchev–Trinajstić information content (AvgIpc) is 3.74. The number of nitrogens with one attached hydrogen (secondary N) is 1. The van der Waals surface area contributed by atoms with Crippen LogP contribution in [-0.2, 0) is 0 Å². The fourth-order valence-electron chi connectivity index (χ4n) is 8.36. The lowest BCUT2D eigenvalue weighted by Gasteiger charge is -2.32. The van der Waals surface area contributed by atoms with Gasteiger partial charge in [-0.1, -0.05) is 0 Å². The molecule has 8 heterocycles. The molecule has 340 valence electrons. The minimum absolute atomic E-state index is 0.0173. The van der Waals surface area contributed by atoms with Crippen molar-refractivity contribution in [3.63, 3.8) is 0 Å². The molecule has 18 nitrogen and oxygen atoms in total. The van der Waals surface area contributed by atoms with E-state index in [0.717, 1.165) is 63.0 Å². The smallest absolute Gasteiger partial charge is 0.341 e. The summed E-state index contributed by atoms with van der Waals surface area (Å²) in [6.45, 7) is 10.7. The van der Waals surface area contributed by atoms with Gasteiger partial charge in [0.1, 0.15) is 41.7 Å². The topological polar surface area (TPSA) is 210 Å². The normalized spacial score (nSPS) is 18.0. The molecule has 4 aromatic heterocycles. The molecule has 2 aromatic carbocycles. The van der Waals surface area contributed by atoms with Crippen molar-refractivity contribution in [2.75, 3.05) is 80.3 Å². The summed E-state index contributed by atoms with van der Waals surface area (Å²) in [5.41, 5.74) is -1.61. The van der Waals surface area contributed by atoms with E-state index in [-0.39, 0.29) is 52.9 Å². The van der Waals surface area contributed by atoms with Crippen molar-refractivity contribution >= 4 is 51.1 Å². The molecule has 10 rings (SSSR count). The first kappa shape index (κ1) is 44.3. The molecular formula is C44H45F3N10O8. The second kappa shape index (κ2) is 18.8. The molecule has 6 aromatic rings. The van der Waals surface area contributed by atoms with Gasteiger partial charge in [0, 0.05) is 83.0 Å². The van der Waals surface area contributed by atoms with E-state index in [1.54, 1.807) is 42.5 Å². The summed E-state index contributed by atoms with van der Waals surface area (Å²) in [5, 5.41) is 21.6. The lowest BCUT2D eigenvalue weighted by Crippen LogP contribution is -2.33. The molecule has 4 aliphatic rings. The molecule has 0 saturated carbocycles. The Morgan fingerprint density at radius 1 is 0.662 bits per heavy atom. The minimum atomic E-state index is -1.41. The quantitative estimate of drug-likeness (QED) is 0.217. The zero-order chi connectivity index (χ0) is 45.9. The molecule has 4 aliphatic heterocycles. The predicted octanol–water partition coefficient (Wildman–Crippen LogP) is 4.51. The Hall–Kier alpha value is -7.29. The highest BCUT2D eigenvalue weighted by molar-refractivity contribution is 5.97. The third-order valence-electron chi connectivity index (χ3n) is 11.6. The number of hydrogen-bond donors (Lipinski definition) is 3. The van der Waals surface area contributed by atoms with Crippen LogP contribution in [0.15, 0.2) is 71.3 Å². The Kier molecular flexibility index (Phi) is 12.8. The molecule has 65 heavy (non-hydrogen) atoms. The lowest BCUT2D eigenvalue weighted by atomic mass is 10.1. The first-order valence-corrected chi connectivity index (χ1v) is 21.0. The Morgan fingerprint density at radius 3 is 1.74 bits per heavy atom. The lowest BCUT2D eigenvalue weighted by molar-refractivity contribution is 0.0683. The predicted molar refractivity (Wildman–Crippen MR) is 233 cm³/mol. The summed E-state index contributed by atoms with van der Waals surface area (Å²) in [6, 6.07) is 1.36. The third kappa shape index (κ3) is 8.82. The monoisotopic (exact) mass is 898 g/mol. The van der Waals surface area contributed by atoms with Crippen molar-refractivity contribution in [3.8, 4) is 11.5 Å². The van der Waals surface area contributed by atoms with Gasteiger partial charge < -0.3 is 48.8 Å². The van der Waals surface area contributed by atoms with E-state index in [1.807, 2.05) is 18.0 Å². The maximum absolute atomic E-state index is 15.4. The van der Waals surface area contributed by atoms with Crippen molar-refractivity contribution in [2.45, 2.75) is 38.8 Å². The zero-order valence-electron chi connectivity index (χ0n) is 35.4. The van der Waals surface area contributed by atoms with Gasteiger partial charge in [-0.25, -0.2) is 28.3 Å². The SMILES string of the molecule is C[C@H]1COc2c(F)c(F)cc3c(=O)c(C(=O)O)cn1c23.C[C@H]1COc2c(N3CCCN(c4cnccn4)CC3)c(F)cc3c(=O)c(C(=O)O)cn1c23.c1cnc(N2CCCNCC2)cn1. The number of pyridine rings is 2. The van der Waals surface area contributed by atoms with Crippen molar-refractivity contribution in [1.82, 2.24) is 34.4 Å². The van der Waals surface area contributed by atoms with Crippen molar-refractivity contribution < 1.29 is 42.4 Å². The second-order valence-corrected chi connectivity index (χ2v) is 15.9. The maximum Gasteiger partial charge on any atom is 0.341 e. The van der Waals surface area contributed by atoms with Gasteiger partial charge in [0.05, 0.1) is 46.3 Å². The van der Waals surface area contributed by atoms with Gasteiger partial charge in [-0.15, -0.1) is 0 Å². The summed E-state index contributed by atoms with van der Waals surface area (Å²) in [7, 11) is 0. The van der Waals surface area contributed by atoms with Gasteiger partial charge in [-0.3, -0.25) is 19.6 Å². The molecule has 0 bridgehead atoms. The van der Waals surface area contributed by atoms with Gasteiger partial charge in [0.2, 0.25) is 16.7 Å². The maximum atomic E-state index is 15.4. The number of carbonyl (C=O) groups is 2. The van der Waals surface area contributed by atoms with Gasteiger partial charge >= 0.3 is 11.9 Å². The Labute approximate surface area is 368 Å². The molecule has 2 saturated heterocycles. The van der Waals surface area contributed by atoms with Crippen LogP contribution in [0.5, 0.6) is 11.5 Å². The molecule has 2 fully saturated rings. The summed E-state index contributed by atoms with van der Waals surface area (Å²) < 4.78 is 56.9. The van der Waals surface area contributed by atoms with Crippen molar-refractivity contribution in [3.05, 3.63) is 111 Å². The fourth-order valence-corrected chi connectivity index (χ4v) is 8.36. The van der Waals surface area contributed by atoms with Crippen LogP contribution in [0.25, 0.3) is 21.8 Å². The summed E-state index contributed by atoms with van der Waals surface area (Å²) in [4.78, 5) is 70.6. The minimum Gasteiger partial charge on any atom is -0.487 e. The van der Waals surface area contributed by atoms with E-state index in [4.69, 9.17) is 14.6 Å². The first-order chi connectivity index (χ1) is 31.3. The Balaban J connectivity index is 0.000000148. The zero-order valence-corrected chi connectivity index (χ0v) is 35.4. The first-order valence-electron chi connectivity index (χ1n) is 21.0.